The lowest BCUT2D eigenvalue weighted by atomic mass is 10.2. The van der Waals surface area contributed by atoms with Gasteiger partial charge in [-0.3, -0.25) is 0 Å². The molecule has 4 heteroatoms. The normalized spacial score (nSPS) is 28.8. The summed E-state index contributed by atoms with van der Waals surface area (Å²) in [6, 6.07) is 3.46. The highest BCUT2D eigenvalue weighted by atomic mass is 35.5. The number of rotatable bonds is 1. The van der Waals surface area contributed by atoms with E-state index in [-0.39, 0.29) is 0 Å². The van der Waals surface area contributed by atoms with Crippen LogP contribution in [0.25, 0.3) is 0 Å². The number of hydrogen-bond acceptors (Lipinski definition) is 3. The lowest BCUT2D eigenvalue weighted by Gasteiger charge is -2.29. The molecule has 2 aliphatic heterocycles. The number of fused-ring (bicyclic) bond motifs is 2. The maximum atomic E-state index is 5.92. The molecular weight excluding hydrogens is 210 g/mol. The number of piperazine rings is 1. The van der Waals surface area contributed by atoms with Crippen LogP contribution in [0.3, 0.4) is 0 Å². The van der Waals surface area contributed by atoms with Crippen LogP contribution in [0.5, 0.6) is 0 Å². The van der Waals surface area contributed by atoms with E-state index in [2.05, 4.69) is 21.3 Å². The monoisotopic (exact) mass is 223 g/mol. The van der Waals surface area contributed by atoms with E-state index in [4.69, 9.17) is 11.6 Å². The van der Waals surface area contributed by atoms with E-state index in [1.165, 1.54) is 12.1 Å². The van der Waals surface area contributed by atoms with Gasteiger partial charge in [-0.25, -0.2) is 4.98 Å². The van der Waals surface area contributed by atoms with E-state index in [0.717, 1.165) is 18.7 Å². The largest absolute Gasteiger partial charge is 0.364 e. The van der Waals surface area contributed by atoms with Gasteiger partial charge in [-0.05, 0) is 25.0 Å². The highest BCUT2D eigenvalue weighted by Crippen LogP contribution is 2.30. The number of anilines is 1. The van der Waals surface area contributed by atoms with Gasteiger partial charge in [0, 0.05) is 25.2 Å². The van der Waals surface area contributed by atoms with Crippen molar-refractivity contribution in [2.45, 2.75) is 25.4 Å². The summed E-state index contributed by atoms with van der Waals surface area (Å²) in [4.78, 5) is 6.65. The topological polar surface area (TPSA) is 28.2 Å². The highest BCUT2D eigenvalue weighted by Gasteiger charge is 2.37. The minimum Gasteiger partial charge on any atom is -0.364 e. The maximum Gasteiger partial charge on any atom is 0.132 e. The minimum absolute atomic E-state index is 0.612. The second-order valence-corrected chi connectivity index (χ2v) is 4.81. The first-order chi connectivity index (χ1) is 7.24. The van der Waals surface area contributed by atoms with Crippen molar-refractivity contribution in [1.29, 1.82) is 0 Å². The first-order valence-electron chi connectivity index (χ1n) is 5.36. The molecule has 0 unspecified atom stereocenters. The summed E-state index contributed by atoms with van der Waals surface area (Å²) in [6.45, 7) is 4.21. The molecule has 0 spiro atoms. The number of aromatic nitrogens is 1. The number of aryl methyl sites for hydroxylation is 1. The Morgan fingerprint density at radius 2 is 2.47 bits per heavy atom. The van der Waals surface area contributed by atoms with Gasteiger partial charge in [-0.15, -0.1) is 0 Å². The van der Waals surface area contributed by atoms with Crippen molar-refractivity contribution in [2.24, 2.45) is 0 Å². The van der Waals surface area contributed by atoms with Crippen molar-refractivity contribution in [2.75, 3.05) is 18.0 Å². The SMILES string of the molecule is Cc1cc(N2C[C@@H]3C[C@H]2CN3)cnc1Cl. The van der Waals surface area contributed by atoms with Crippen molar-refractivity contribution < 1.29 is 0 Å². The molecule has 80 valence electrons. The third kappa shape index (κ3) is 1.50. The zero-order valence-electron chi connectivity index (χ0n) is 8.70. The Bertz CT molecular complexity index is 393. The summed E-state index contributed by atoms with van der Waals surface area (Å²) in [5.74, 6) is 0. The molecule has 0 aromatic carbocycles. The van der Waals surface area contributed by atoms with E-state index in [1.54, 1.807) is 0 Å². The number of pyridine rings is 1. The molecule has 2 atom stereocenters. The Hall–Kier alpha value is -0.800. The molecule has 0 radical (unpaired) electrons. The van der Waals surface area contributed by atoms with Gasteiger partial charge in [0.15, 0.2) is 0 Å². The van der Waals surface area contributed by atoms with E-state index in [9.17, 15) is 0 Å². The van der Waals surface area contributed by atoms with E-state index in [0.29, 0.717) is 17.2 Å². The molecule has 0 saturated carbocycles. The molecular formula is C11H14ClN3. The fraction of sp³-hybridized carbons (Fsp3) is 0.545. The van der Waals surface area contributed by atoms with Crippen LogP contribution in [-0.2, 0) is 0 Å². The van der Waals surface area contributed by atoms with Gasteiger partial charge >= 0.3 is 0 Å². The lowest BCUT2D eigenvalue weighted by molar-refractivity contribution is 0.579. The van der Waals surface area contributed by atoms with Crippen LogP contribution in [0.2, 0.25) is 5.15 Å². The first kappa shape index (κ1) is 9.43. The number of nitrogens with one attached hydrogen (secondary N) is 1. The predicted molar refractivity (Wildman–Crippen MR) is 61.5 cm³/mol. The molecule has 15 heavy (non-hydrogen) atoms. The van der Waals surface area contributed by atoms with Crippen molar-refractivity contribution >= 4 is 17.3 Å². The average Bonchev–Trinajstić information content (AvgIpc) is 2.83. The standard InChI is InChI=1S/C11H14ClN3/c1-7-2-9(5-14-11(7)12)15-6-8-3-10(15)4-13-8/h2,5,8,10,13H,3-4,6H2,1H3/t8-,10-/m0/s1. The molecule has 2 fully saturated rings. The van der Waals surface area contributed by atoms with Gasteiger partial charge in [0.25, 0.3) is 0 Å². The number of halogens is 1. The number of nitrogens with zero attached hydrogens (tertiary/aromatic N) is 2. The molecule has 3 heterocycles. The fourth-order valence-corrected chi connectivity index (χ4v) is 2.68. The van der Waals surface area contributed by atoms with Gasteiger partial charge in [-0.2, -0.15) is 0 Å². The van der Waals surface area contributed by atoms with E-state index < -0.39 is 0 Å². The quantitative estimate of drug-likeness (QED) is 0.733. The molecule has 1 N–H and O–H groups in total. The van der Waals surface area contributed by atoms with Crippen LogP contribution in [0, 0.1) is 6.92 Å². The summed E-state index contributed by atoms with van der Waals surface area (Å²) in [5, 5.41) is 4.11. The van der Waals surface area contributed by atoms with Gasteiger partial charge in [0.1, 0.15) is 5.15 Å². The fourth-order valence-electron chi connectivity index (χ4n) is 2.58. The Morgan fingerprint density at radius 3 is 3.07 bits per heavy atom. The third-order valence-corrected chi connectivity index (χ3v) is 3.78. The van der Waals surface area contributed by atoms with Crippen LogP contribution >= 0.6 is 11.6 Å². The van der Waals surface area contributed by atoms with Gasteiger partial charge < -0.3 is 10.2 Å². The van der Waals surface area contributed by atoms with Crippen molar-refractivity contribution in [3.05, 3.63) is 23.0 Å². The summed E-state index contributed by atoms with van der Waals surface area (Å²) in [7, 11) is 0. The van der Waals surface area contributed by atoms with Crippen LogP contribution in [0.1, 0.15) is 12.0 Å². The molecule has 1 aromatic heterocycles. The summed E-state index contributed by atoms with van der Waals surface area (Å²) < 4.78 is 0. The zero-order chi connectivity index (χ0) is 10.4. The summed E-state index contributed by atoms with van der Waals surface area (Å²) in [5.41, 5.74) is 2.27. The Balaban J connectivity index is 1.90. The van der Waals surface area contributed by atoms with Gasteiger partial charge in [0.05, 0.1) is 11.9 Å². The lowest BCUT2D eigenvalue weighted by Crippen LogP contribution is -2.43. The third-order valence-electron chi connectivity index (χ3n) is 3.39. The Morgan fingerprint density at radius 1 is 1.60 bits per heavy atom. The highest BCUT2D eigenvalue weighted by molar-refractivity contribution is 6.30. The number of hydrogen-bond donors (Lipinski definition) is 1. The molecule has 2 bridgehead atoms. The second kappa shape index (κ2) is 3.35. The minimum atomic E-state index is 0.612. The molecule has 3 nitrogen and oxygen atoms in total. The Kier molecular flexibility index (Phi) is 2.11. The average molecular weight is 224 g/mol. The van der Waals surface area contributed by atoms with Crippen LogP contribution in [-0.4, -0.2) is 30.2 Å². The molecule has 0 aliphatic carbocycles. The molecule has 2 aliphatic rings. The smallest absolute Gasteiger partial charge is 0.132 e. The first-order valence-corrected chi connectivity index (χ1v) is 5.74. The van der Waals surface area contributed by atoms with Gasteiger partial charge in [0.2, 0.25) is 0 Å². The molecule has 2 saturated heterocycles. The van der Waals surface area contributed by atoms with E-state index in [1.807, 2.05) is 13.1 Å². The molecule has 0 amide bonds. The van der Waals surface area contributed by atoms with Crippen molar-refractivity contribution in [1.82, 2.24) is 10.3 Å². The van der Waals surface area contributed by atoms with Crippen LogP contribution in [0.4, 0.5) is 5.69 Å². The summed E-state index contributed by atoms with van der Waals surface area (Å²) >= 11 is 5.92. The van der Waals surface area contributed by atoms with Crippen LogP contribution in [0.15, 0.2) is 12.3 Å². The van der Waals surface area contributed by atoms with Crippen LogP contribution < -0.4 is 10.2 Å². The molecule has 3 rings (SSSR count). The van der Waals surface area contributed by atoms with Crippen molar-refractivity contribution in [3.8, 4) is 0 Å². The van der Waals surface area contributed by atoms with Crippen molar-refractivity contribution in [3.63, 3.8) is 0 Å². The maximum absolute atomic E-state index is 5.92. The predicted octanol–water partition coefficient (Wildman–Crippen LogP) is 1.59. The second-order valence-electron chi connectivity index (χ2n) is 4.45. The van der Waals surface area contributed by atoms with Gasteiger partial charge in [-0.1, -0.05) is 11.6 Å². The van der Waals surface area contributed by atoms with E-state index >= 15 is 0 Å². The molecule has 1 aromatic rings. The zero-order valence-corrected chi connectivity index (χ0v) is 9.46. The summed E-state index contributed by atoms with van der Waals surface area (Å²) in [6.07, 6.45) is 3.15. The Labute approximate surface area is 94.4 Å².